The third-order valence-corrected chi connectivity index (χ3v) is 6.15. The number of benzene rings is 1. The summed E-state index contributed by atoms with van der Waals surface area (Å²) in [7, 11) is 1.83. The maximum Gasteiger partial charge on any atom is 0.191 e. The standard InChI is InChI=1S/C22H39N5S/c1-18(2)27(19(3)4)12-6-11-24-22(23-5)25-17-20-7-9-21(10-8-20)26-13-15-28-16-14-26/h7-10,18-19H,6,11-17H2,1-5H3,(H2,23,24,25). The molecule has 28 heavy (non-hydrogen) atoms. The molecule has 1 saturated heterocycles. The first-order chi connectivity index (χ1) is 13.5. The van der Waals surface area contributed by atoms with Crippen molar-refractivity contribution >= 4 is 23.4 Å². The molecule has 0 atom stereocenters. The fourth-order valence-electron chi connectivity index (χ4n) is 3.63. The van der Waals surface area contributed by atoms with Crippen LogP contribution in [0.1, 0.15) is 39.7 Å². The van der Waals surface area contributed by atoms with Gasteiger partial charge in [-0.05, 0) is 51.8 Å². The van der Waals surface area contributed by atoms with Crippen molar-refractivity contribution in [2.75, 3.05) is 49.6 Å². The van der Waals surface area contributed by atoms with Crippen LogP contribution in [0.5, 0.6) is 0 Å². The van der Waals surface area contributed by atoms with Crippen molar-refractivity contribution in [3.05, 3.63) is 29.8 Å². The van der Waals surface area contributed by atoms with Crippen LogP contribution in [0.25, 0.3) is 0 Å². The summed E-state index contributed by atoms with van der Waals surface area (Å²) in [5.74, 6) is 3.34. The molecule has 1 aliphatic heterocycles. The Kier molecular flexibility index (Phi) is 9.99. The third kappa shape index (κ3) is 7.55. The highest BCUT2D eigenvalue weighted by Gasteiger charge is 2.13. The Hall–Kier alpha value is -1.40. The molecule has 1 aliphatic rings. The molecule has 0 amide bonds. The largest absolute Gasteiger partial charge is 0.370 e. The van der Waals surface area contributed by atoms with Crippen molar-refractivity contribution < 1.29 is 0 Å². The summed E-state index contributed by atoms with van der Waals surface area (Å²) in [5.41, 5.74) is 2.62. The minimum absolute atomic E-state index is 0.587. The summed E-state index contributed by atoms with van der Waals surface area (Å²) >= 11 is 2.05. The number of anilines is 1. The number of hydrogen-bond donors (Lipinski definition) is 2. The monoisotopic (exact) mass is 405 g/mol. The lowest BCUT2D eigenvalue weighted by Gasteiger charge is -2.30. The zero-order valence-corrected chi connectivity index (χ0v) is 19.2. The number of guanidine groups is 1. The molecule has 0 radical (unpaired) electrons. The van der Waals surface area contributed by atoms with Gasteiger partial charge in [0.15, 0.2) is 5.96 Å². The van der Waals surface area contributed by atoms with Crippen molar-refractivity contribution in [3.63, 3.8) is 0 Å². The van der Waals surface area contributed by atoms with Crippen LogP contribution in [-0.2, 0) is 6.54 Å². The fraction of sp³-hybridized carbons (Fsp3) is 0.682. The number of thioether (sulfide) groups is 1. The minimum atomic E-state index is 0.587. The maximum absolute atomic E-state index is 4.35. The smallest absolute Gasteiger partial charge is 0.191 e. The van der Waals surface area contributed by atoms with E-state index in [1.165, 1.54) is 22.8 Å². The van der Waals surface area contributed by atoms with Crippen molar-refractivity contribution in [2.45, 2.75) is 52.7 Å². The van der Waals surface area contributed by atoms with Crippen LogP contribution >= 0.6 is 11.8 Å². The average molecular weight is 406 g/mol. The van der Waals surface area contributed by atoms with E-state index in [-0.39, 0.29) is 0 Å². The van der Waals surface area contributed by atoms with Crippen molar-refractivity contribution in [3.8, 4) is 0 Å². The molecule has 1 aromatic carbocycles. The molecule has 6 heteroatoms. The summed E-state index contributed by atoms with van der Waals surface area (Å²) in [6.45, 7) is 14.2. The molecular weight excluding hydrogens is 366 g/mol. The van der Waals surface area contributed by atoms with Gasteiger partial charge < -0.3 is 15.5 Å². The fourth-order valence-corrected chi connectivity index (χ4v) is 4.54. The van der Waals surface area contributed by atoms with Crippen LogP contribution in [0, 0.1) is 0 Å². The van der Waals surface area contributed by atoms with Gasteiger partial charge in [0.25, 0.3) is 0 Å². The molecule has 158 valence electrons. The Balaban J connectivity index is 1.71. The lowest BCUT2D eigenvalue weighted by Crippen LogP contribution is -2.41. The predicted molar refractivity (Wildman–Crippen MR) is 126 cm³/mol. The molecule has 0 spiro atoms. The molecule has 1 aromatic rings. The Morgan fingerprint density at radius 2 is 1.71 bits per heavy atom. The Morgan fingerprint density at radius 1 is 1.07 bits per heavy atom. The quantitative estimate of drug-likeness (QED) is 0.374. The molecule has 0 saturated carbocycles. The average Bonchev–Trinajstić information content (AvgIpc) is 2.70. The molecule has 0 bridgehead atoms. The van der Waals surface area contributed by atoms with E-state index < -0.39 is 0 Å². The molecular formula is C22H39N5S. The molecule has 2 N–H and O–H groups in total. The Labute approximate surface area is 176 Å². The highest BCUT2D eigenvalue weighted by molar-refractivity contribution is 7.99. The van der Waals surface area contributed by atoms with Crippen LogP contribution < -0.4 is 15.5 Å². The molecule has 0 unspecified atom stereocenters. The number of rotatable bonds is 9. The zero-order chi connectivity index (χ0) is 20.4. The summed E-state index contributed by atoms with van der Waals surface area (Å²) in [5, 5.41) is 6.86. The Morgan fingerprint density at radius 3 is 2.29 bits per heavy atom. The van der Waals surface area contributed by atoms with E-state index in [4.69, 9.17) is 0 Å². The first-order valence-corrected chi connectivity index (χ1v) is 11.8. The lowest BCUT2D eigenvalue weighted by molar-refractivity contribution is 0.173. The van der Waals surface area contributed by atoms with Crippen LogP contribution in [0.15, 0.2) is 29.3 Å². The zero-order valence-electron chi connectivity index (χ0n) is 18.4. The first-order valence-electron chi connectivity index (χ1n) is 10.6. The highest BCUT2D eigenvalue weighted by Crippen LogP contribution is 2.19. The van der Waals surface area contributed by atoms with Gasteiger partial charge >= 0.3 is 0 Å². The molecule has 0 aromatic heterocycles. The van der Waals surface area contributed by atoms with Crippen molar-refractivity contribution in [1.82, 2.24) is 15.5 Å². The number of hydrogen-bond acceptors (Lipinski definition) is 4. The van der Waals surface area contributed by atoms with Crippen molar-refractivity contribution in [2.24, 2.45) is 4.99 Å². The molecule has 1 fully saturated rings. The number of aliphatic imine (C=N–C) groups is 1. The van der Waals surface area contributed by atoms with Gasteiger partial charge in [-0.3, -0.25) is 9.89 Å². The molecule has 0 aliphatic carbocycles. The predicted octanol–water partition coefficient (Wildman–Crippen LogP) is 3.41. The van der Waals surface area contributed by atoms with E-state index in [0.29, 0.717) is 12.1 Å². The molecule has 1 heterocycles. The van der Waals surface area contributed by atoms with Crippen LogP contribution in [0.2, 0.25) is 0 Å². The normalized spacial score (nSPS) is 15.6. The SMILES string of the molecule is CN=C(NCCCN(C(C)C)C(C)C)NCc1ccc(N2CCSCC2)cc1. The number of nitrogens with one attached hydrogen (secondary N) is 2. The van der Waals surface area contributed by atoms with Gasteiger partial charge in [-0.1, -0.05) is 12.1 Å². The summed E-state index contributed by atoms with van der Waals surface area (Å²) < 4.78 is 0. The second kappa shape index (κ2) is 12.2. The summed E-state index contributed by atoms with van der Waals surface area (Å²) in [6.07, 6.45) is 1.11. The highest BCUT2D eigenvalue weighted by atomic mass is 32.2. The Bertz CT molecular complexity index is 571. The van der Waals surface area contributed by atoms with Crippen molar-refractivity contribution in [1.29, 1.82) is 0 Å². The maximum atomic E-state index is 4.35. The molecule has 5 nitrogen and oxygen atoms in total. The van der Waals surface area contributed by atoms with E-state index in [2.05, 4.69) is 77.4 Å². The second-order valence-corrected chi connectivity index (χ2v) is 9.12. The van der Waals surface area contributed by atoms with Gasteiger partial charge in [0, 0.05) is 69.0 Å². The first kappa shape index (κ1) is 22.9. The van der Waals surface area contributed by atoms with E-state index in [1.54, 1.807) is 0 Å². The summed E-state index contributed by atoms with van der Waals surface area (Å²) in [4.78, 5) is 9.36. The lowest BCUT2D eigenvalue weighted by atomic mass is 10.2. The van der Waals surface area contributed by atoms with Crippen LogP contribution in [-0.4, -0.2) is 67.7 Å². The minimum Gasteiger partial charge on any atom is -0.370 e. The van der Waals surface area contributed by atoms with Gasteiger partial charge in [-0.25, -0.2) is 0 Å². The van der Waals surface area contributed by atoms with E-state index >= 15 is 0 Å². The molecule has 2 rings (SSSR count). The van der Waals surface area contributed by atoms with Gasteiger partial charge in [0.1, 0.15) is 0 Å². The summed E-state index contributed by atoms with van der Waals surface area (Å²) in [6, 6.07) is 10.1. The van der Waals surface area contributed by atoms with E-state index in [9.17, 15) is 0 Å². The topological polar surface area (TPSA) is 42.9 Å². The van der Waals surface area contributed by atoms with E-state index in [0.717, 1.165) is 45.1 Å². The second-order valence-electron chi connectivity index (χ2n) is 7.90. The van der Waals surface area contributed by atoms with Gasteiger partial charge in [0.05, 0.1) is 0 Å². The van der Waals surface area contributed by atoms with Gasteiger partial charge in [-0.15, -0.1) is 0 Å². The van der Waals surface area contributed by atoms with Crippen LogP contribution in [0.3, 0.4) is 0 Å². The van der Waals surface area contributed by atoms with E-state index in [1.807, 2.05) is 18.8 Å². The van der Waals surface area contributed by atoms with Gasteiger partial charge in [0.2, 0.25) is 0 Å². The van der Waals surface area contributed by atoms with Gasteiger partial charge in [-0.2, -0.15) is 11.8 Å². The number of nitrogens with zero attached hydrogens (tertiary/aromatic N) is 3. The van der Waals surface area contributed by atoms with Crippen LogP contribution in [0.4, 0.5) is 5.69 Å². The third-order valence-electron chi connectivity index (χ3n) is 5.21.